The van der Waals surface area contributed by atoms with Crippen LogP contribution in [0, 0.1) is 0 Å². The molecular formula is C17H34NO2+. The number of hydrogen-bond acceptors (Lipinski definition) is 1. The molecule has 3 heteroatoms. The summed E-state index contributed by atoms with van der Waals surface area (Å²) in [5, 5.41) is 8.63. The molecule has 0 aromatic carbocycles. The van der Waals surface area contributed by atoms with Crippen LogP contribution in [-0.4, -0.2) is 36.2 Å². The van der Waals surface area contributed by atoms with Crippen LogP contribution in [0.1, 0.15) is 71.1 Å². The molecule has 0 aromatic rings. The van der Waals surface area contributed by atoms with Gasteiger partial charge in [0.15, 0.2) is 0 Å². The maximum absolute atomic E-state index is 10.5. The fourth-order valence-corrected chi connectivity index (χ4v) is 2.35. The van der Waals surface area contributed by atoms with Crippen LogP contribution in [0.5, 0.6) is 0 Å². The SMILES string of the molecule is CCCCCCCCCCCC[N+](C)(C)/C=C/C(=O)O. The van der Waals surface area contributed by atoms with Crippen LogP contribution < -0.4 is 0 Å². The van der Waals surface area contributed by atoms with Crippen molar-refractivity contribution in [1.29, 1.82) is 0 Å². The normalized spacial score (nSPS) is 12.2. The van der Waals surface area contributed by atoms with Gasteiger partial charge in [0.25, 0.3) is 0 Å². The minimum Gasteiger partial charge on any atom is -0.478 e. The van der Waals surface area contributed by atoms with Crippen molar-refractivity contribution in [2.45, 2.75) is 71.1 Å². The lowest BCUT2D eigenvalue weighted by atomic mass is 10.1. The van der Waals surface area contributed by atoms with Gasteiger partial charge in [-0.2, -0.15) is 0 Å². The molecule has 0 aliphatic rings. The largest absolute Gasteiger partial charge is 0.478 e. The summed E-state index contributed by atoms with van der Waals surface area (Å²) in [4.78, 5) is 10.5. The van der Waals surface area contributed by atoms with Gasteiger partial charge in [-0.05, 0) is 12.8 Å². The summed E-state index contributed by atoms with van der Waals surface area (Å²) in [6.07, 6.45) is 16.4. The van der Waals surface area contributed by atoms with Crippen molar-refractivity contribution in [2.24, 2.45) is 0 Å². The summed E-state index contributed by atoms with van der Waals surface area (Å²) in [5.41, 5.74) is 0. The Morgan fingerprint density at radius 1 is 0.900 bits per heavy atom. The van der Waals surface area contributed by atoms with Gasteiger partial charge in [0, 0.05) is 0 Å². The van der Waals surface area contributed by atoms with Crippen molar-refractivity contribution in [3.05, 3.63) is 12.3 Å². The highest BCUT2D eigenvalue weighted by atomic mass is 16.4. The Labute approximate surface area is 125 Å². The van der Waals surface area contributed by atoms with Crippen LogP contribution in [0.4, 0.5) is 0 Å². The molecule has 0 fully saturated rings. The van der Waals surface area contributed by atoms with Crippen molar-refractivity contribution in [3.63, 3.8) is 0 Å². The summed E-state index contributed by atoms with van der Waals surface area (Å²) in [5.74, 6) is -0.862. The van der Waals surface area contributed by atoms with E-state index < -0.39 is 5.97 Å². The van der Waals surface area contributed by atoms with Crippen LogP contribution in [0.2, 0.25) is 0 Å². The Hall–Kier alpha value is -0.830. The van der Waals surface area contributed by atoms with E-state index in [4.69, 9.17) is 5.11 Å². The van der Waals surface area contributed by atoms with E-state index in [1.54, 1.807) is 6.20 Å². The summed E-state index contributed by atoms with van der Waals surface area (Å²) >= 11 is 0. The number of carboxylic acid groups (broad SMARTS) is 1. The van der Waals surface area contributed by atoms with Crippen LogP contribution in [0.25, 0.3) is 0 Å². The topological polar surface area (TPSA) is 37.3 Å². The molecule has 0 radical (unpaired) electrons. The smallest absolute Gasteiger partial charge is 0.333 e. The molecule has 0 saturated carbocycles. The number of quaternary nitrogens is 1. The zero-order chi connectivity index (χ0) is 15.3. The van der Waals surface area contributed by atoms with Crippen molar-refractivity contribution >= 4 is 5.97 Å². The third-order valence-corrected chi connectivity index (χ3v) is 3.71. The molecule has 3 nitrogen and oxygen atoms in total. The third-order valence-electron chi connectivity index (χ3n) is 3.71. The number of carboxylic acids is 1. The monoisotopic (exact) mass is 284 g/mol. The van der Waals surface area contributed by atoms with Crippen molar-refractivity contribution in [1.82, 2.24) is 0 Å². The molecular weight excluding hydrogens is 250 g/mol. The molecule has 0 rings (SSSR count). The lowest BCUT2D eigenvalue weighted by Crippen LogP contribution is -2.34. The Morgan fingerprint density at radius 3 is 1.80 bits per heavy atom. The van der Waals surface area contributed by atoms with Gasteiger partial charge in [-0.25, -0.2) is 4.79 Å². The summed E-state index contributed by atoms with van der Waals surface area (Å²) in [6.45, 7) is 3.27. The summed E-state index contributed by atoms with van der Waals surface area (Å²) in [7, 11) is 4.10. The van der Waals surface area contributed by atoms with Gasteiger partial charge < -0.3 is 9.59 Å². The maximum Gasteiger partial charge on any atom is 0.333 e. The first-order valence-electron chi connectivity index (χ1n) is 8.23. The Kier molecular flexibility index (Phi) is 11.5. The predicted octanol–water partition coefficient (Wildman–Crippen LogP) is 4.58. The number of hydrogen-bond donors (Lipinski definition) is 1. The van der Waals surface area contributed by atoms with Gasteiger partial charge in [0.2, 0.25) is 0 Å². The number of aliphatic carboxylic acids is 1. The van der Waals surface area contributed by atoms with Gasteiger partial charge in [-0.3, -0.25) is 0 Å². The zero-order valence-electron chi connectivity index (χ0n) is 13.7. The molecule has 118 valence electrons. The molecule has 0 aliphatic heterocycles. The van der Waals surface area contributed by atoms with Crippen LogP contribution in [0.15, 0.2) is 12.3 Å². The van der Waals surface area contributed by atoms with E-state index in [1.807, 2.05) is 14.1 Å². The molecule has 0 heterocycles. The lowest BCUT2D eigenvalue weighted by molar-refractivity contribution is -0.839. The summed E-state index contributed by atoms with van der Waals surface area (Å²) in [6, 6.07) is 0. The minimum atomic E-state index is -0.862. The molecule has 0 aliphatic carbocycles. The molecule has 0 unspecified atom stereocenters. The average Bonchev–Trinajstić information content (AvgIpc) is 2.39. The first kappa shape index (κ1) is 19.2. The second-order valence-electron chi connectivity index (χ2n) is 6.34. The first-order valence-corrected chi connectivity index (χ1v) is 8.23. The maximum atomic E-state index is 10.5. The van der Waals surface area contributed by atoms with Crippen molar-refractivity contribution in [2.75, 3.05) is 20.6 Å². The highest BCUT2D eigenvalue weighted by Crippen LogP contribution is 2.11. The number of unbranched alkanes of at least 4 members (excludes halogenated alkanes) is 9. The predicted molar refractivity (Wildman–Crippen MR) is 85.6 cm³/mol. The van der Waals surface area contributed by atoms with Gasteiger partial charge in [0.1, 0.15) is 6.20 Å². The van der Waals surface area contributed by atoms with Gasteiger partial charge in [0.05, 0.1) is 26.7 Å². The third kappa shape index (κ3) is 13.6. The van der Waals surface area contributed by atoms with Crippen LogP contribution in [-0.2, 0) is 4.79 Å². The summed E-state index contributed by atoms with van der Waals surface area (Å²) < 4.78 is 0.656. The molecule has 0 bridgehead atoms. The van der Waals surface area contributed by atoms with Gasteiger partial charge in [-0.1, -0.05) is 58.3 Å². The van der Waals surface area contributed by atoms with Gasteiger partial charge >= 0.3 is 5.97 Å². The van der Waals surface area contributed by atoms with E-state index in [-0.39, 0.29) is 0 Å². The standard InChI is InChI=1S/C17H33NO2/c1-4-5-6-7-8-9-10-11-12-13-15-18(2,3)16-14-17(19)20/h14,16H,4-13,15H2,1-3H3/p+1/b16-14+. The van der Waals surface area contributed by atoms with E-state index in [9.17, 15) is 4.79 Å². The quantitative estimate of drug-likeness (QED) is 0.305. The van der Waals surface area contributed by atoms with E-state index in [2.05, 4.69) is 6.92 Å². The Balaban J connectivity index is 3.41. The molecule has 20 heavy (non-hydrogen) atoms. The van der Waals surface area contributed by atoms with E-state index >= 15 is 0 Å². The van der Waals surface area contributed by atoms with Crippen LogP contribution in [0.3, 0.4) is 0 Å². The zero-order valence-corrected chi connectivity index (χ0v) is 13.7. The molecule has 0 aromatic heterocycles. The number of rotatable bonds is 13. The second kappa shape index (κ2) is 12.0. The van der Waals surface area contributed by atoms with E-state index in [0.29, 0.717) is 4.48 Å². The first-order chi connectivity index (χ1) is 9.48. The van der Waals surface area contributed by atoms with Crippen LogP contribution >= 0.6 is 0 Å². The Morgan fingerprint density at radius 2 is 1.35 bits per heavy atom. The fourth-order valence-electron chi connectivity index (χ4n) is 2.35. The molecule has 0 saturated heterocycles. The second-order valence-corrected chi connectivity index (χ2v) is 6.34. The highest BCUT2D eigenvalue weighted by molar-refractivity contribution is 5.79. The van der Waals surface area contributed by atoms with E-state index in [0.717, 1.165) is 6.54 Å². The number of nitrogens with zero attached hydrogens (tertiary/aromatic N) is 1. The molecule has 0 spiro atoms. The van der Waals surface area contributed by atoms with Gasteiger partial charge in [-0.15, -0.1) is 0 Å². The lowest BCUT2D eigenvalue weighted by Gasteiger charge is -2.24. The average molecular weight is 284 g/mol. The number of carbonyl (C=O) groups is 1. The molecule has 0 atom stereocenters. The van der Waals surface area contributed by atoms with Crippen molar-refractivity contribution in [3.8, 4) is 0 Å². The minimum absolute atomic E-state index is 0.656. The molecule has 1 N–H and O–H groups in total. The molecule has 0 amide bonds. The van der Waals surface area contributed by atoms with E-state index in [1.165, 1.54) is 70.3 Å². The Bertz CT molecular complexity index is 272. The fraction of sp³-hybridized carbons (Fsp3) is 0.824. The van der Waals surface area contributed by atoms with Crippen molar-refractivity contribution < 1.29 is 14.4 Å². The highest BCUT2D eigenvalue weighted by Gasteiger charge is 2.10.